The number of nitrogens with one attached hydrogen (secondary N) is 1. The monoisotopic (exact) mass is 291 g/mol. The maximum Gasteiger partial charge on any atom is 0.122 e. The topological polar surface area (TPSA) is 30.5 Å². The first kappa shape index (κ1) is 16.2. The van der Waals surface area contributed by atoms with Crippen molar-refractivity contribution in [2.75, 3.05) is 20.8 Å². The van der Waals surface area contributed by atoms with Gasteiger partial charge in [-0.2, -0.15) is 0 Å². The largest absolute Gasteiger partial charge is 0.497 e. The van der Waals surface area contributed by atoms with Crippen molar-refractivity contribution in [3.05, 3.63) is 23.8 Å². The van der Waals surface area contributed by atoms with E-state index in [0.717, 1.165) is 30.4 Å². The smallest absolute Gasteiger partial charge is 0.122 e. The molecule has 1 aromatic rings. The highest BCUT2D eigenvalue weighted by Crippen LogP contribution is 2.40. The van der Waals surface area contributed by atoms with E-state index >= 15 is 0 Å². The van der Waals surface area contributed by atoms with Crippen LogP contribution in [0.5, 0.6) is 11.5 Å². The molecule has 1 aliphatic carbocycles. The summed E-state index contributed by atoms with van der Waals surface area (Å²) < 4.78 is 10.9. The molecular formula is C18H29NO2. The lowest BCUT2D eigenvalue weighted by Gasteiger charge is -2.26. The first-order valence-corrected chi connectivity index (χ1v) is 8.14. The lowest BCUT2D eigenvalue weighted by atomic mass is 9.90. The van der Waals surface area contributed by atoms with Gasteiger partial charge in [-0.1, -0.05) is 20.3 Å². The minimum absolute atomic E-state index is 0.402. The highest BCUT2D eigenvalue weighted by molar-refractivity contribution is 5.40. The molecule has 1 fully saturated rings. The van der Waals surface area contributed by atoms with Crippen LogP contribution >= 0.6 is 0 Å². The van der Waals surface area contributed by atoms with Crippen LogP contribution in [-0.2, 0) is 0 Å². The molecule has 0 heterocycles. The molecule has 0 bridgehead atoms. The van der Waals surface area contributed by atoms with Crippen LogP contribution in [0.3, 0.4) is 0 Å². The Hall–Kier alpha value is -1.22. The summed E-state index contributed by atoms with van der Waals surface area (Å²) in [4.78, 5) is 0. The zero-order chi connectivity index (χ0) is 15.2. The van der Waals surface area contributed by atoms with E-state index in [1.165, 1.54) is 24.8 Å². The second-order valence-electron chi connectivity index (χ2n) is 6.26. The average Bonchev–Trinajstić information content (AvgIpc) is 2.93. The number of ether oxygens (including phenoxy) is 2. The highest BCUT2D eigenvalue weighted by Gasteiger charge is 2.30. The molecular weight excluding hydrogens is 262 g/mol. The predicted octanol–water partition coefficient (Wildman–Crippen LogP) is 4.18. The molecule has 3 nitrogen and oxygen atoms in total. The summed E-state index contributed by atoms with van der Waals surface area (Å²) in [6, 6.07) is 6.65. The number of hydrogen-bond acceptors (Lipinski definition) is 3. The van der Waals surface area contributed by atoms with Gasteiger partial charge >= 0.3 is 0 Å². The molecule has 0 aliphatic heterocycles. The quantitative estimate of drug-likeness (QED) is 0.817. The second kappa shape index (κ2) is 7.69. The molecule has 3 heteroatoms. The van der Waals surface area contributed by atoms with Gasteiger partial charge in [0.1, 0.15) is 11.5 Å². The van der Waals surface area contributed by atoms with Crippen molar-refractivity contribution >= 4 is 0 Å². The van der Waals surface area contributed by atoms with E-state index in [0.29, 0.717) is 12.0 Å². The van der Waals surface area contributed by atoms with E-state index in [-0.39, 0.29) is 0 Å². The van der Waals surface area contributed by atoms with Crippen molar-refractivity contribution in [3.63, 3.8) is 0 Å². The molecule has 1 N–H and O–H groups in total. The second-order valence-corrected chi connectivity index (χ2v) is 6.26. The fourth-order valence-electron chi connectivity index (χ4n) is 3.42. The maximum absolute atomic E-state index is 5.43. The Labute approximate surface area is 129 Å². The Balaban J connectivity index is 2.26. The zero-order valence-corrected chi connectivity index (χ0v) is 13.8. The van der Waals surface area contributed by atoms with Gasteiger partial charge in [0.25, 0.3) is 0 Å². The van der Waals surface area contributed by atoms with E-state index in [1.807, 2.05) is 6.07 Å². The van der Waals surface area contributed by atoms with Gasteiger partial charge in [0.05, 0.1) is 14.2 Å². The zero-order valence-electron chi connectivity index (χ0n) is 13.8. The van der Waals surface area contributed by atoms with Crippen LogP contribution in [0.25, 0.3) is 0 Å². The summed E-state index contributed by atoms with van der Waals surface area (Å²) >= 11 is 0. The Morgan fingerprint density at radius 1 is 1.14 bits per heavy atom. The number of benzene rings is 1. The summed E-state index contributed by atoms with van der Waals surface area (Å²) in [5.41, 5.74) is 1.29. The van der Waals surface area contributed by atoms with Crippen LogP contribution < -0.4 is 14.8 Å². The van der Waals surface area contributed by atoms with Crippen molar-refractivity contribution in [1.29, 1.82) is 0 Å². The number of methoxy groups -OCH3 is 2. The van der Waals surface area contributed by atoms with E-state index < -0.39 is 0 Å². The van der Waals surface area contributed by atoms with Gasteiger partial charge in [0.2, 0.25) is 0 Å². The molecule has 1 aliphatic rings. The van der Waals surface area contributed by atoms with Crippen molar-refractivity contribution in [2.24, 2.45) is 11.8 Å². The molecule has 1 aromatic carbocycles. The van der Waals surface area contributed by atoms with Crippen LogP contribution in [0.2, 0.25) is 0 Å². The van der Waals surface area contributed by atoms with Gasteiger partial charge in [-0.25, -0.2) is 0 Å². The third-order valence-electron chi connectivity index (χ3n) is 4.55. The van der Waals surface area contributed by atoms with E-state index in [9.17, 15) is 0 Å². The summed E-state index contributed by atoms with van der Waals surface area (Å²) in [7, 11) is 3.43. The van der Waals surface area contributed by atoms with Crippen molar-refractivity contribution in [1.82, 2.24) is 5.32 Å². The summed E-state index contributed by atoms with van der Waals surface area (Å²) in [6.45, 7) is 5.63. The first-order valence-electron chi connectivity index (χ1n) is 8.14. The summed E-state index contributed by atoms with van der Waals surface area (Å²) in [5, 5.41) is 3.74. The van der Waals surface area contributed by atoms with Gasteiger partial charge in [-0.3, -0.25) is 0 Å². The lowest BCUT2D eigenvalue weighted by Crippen LogP contribution is -2.28. The molecule has 1 saturated carbocycles. The molecule has 0 saturated heterocycles. The van der Waals surface area contributed by atoms with Crippen molar-refractivity contribution in [2.45, 2.75) is 45.6 Å². The SMILES string of the molecule is CCCNC(c1cc(OC)cc(OC)c1)C1CCC(C)C1. The summed E-state index contributed by atoms with van der Waals surface area (Å²) in [6.07, 6.45) is 5.11. The molecule has 118 valence electrons. The van der Waals surface area contributed by atoms with Crippen molar-refractivity contribution < 1.29 is 9.47 Å². The van der Waals surface area contributed by atoms with Crippen LogP contribution in [0, 0.1) is 11.8 Å². The van der Waals surface area contributed by atoms with Gasteiger partial charge in [-0.15, -0.1) is 0 Å². The van der Waals surface area contributed by atoms with E-state index in [4.69, 9.17) is 9.47 Å². The third kappa shape index (κ3) is 4.13. The van der Waals surface area contributed by atoms with Crippen molar-refractivity contribution in [3.8, 4) is 11.5 Å². The standard InChI is InChI=1S/C18H29NO2/c1-5-8-19-18(14-7-6-13(2)9-14)15-10-16(20-3)12-17(11-15)21-4/h10-14,18-19H,5-9H2,1-4H3. The average molecular weight is 291 g/mol. The van der Waals surface area contributed by atoms with E-state index in [1.54, 1.807) is 14.2 Å². The Bertz CT molecular complexity index is 425. The fourth-order valence-corrected chi connectivity index (χ4v) is 3.42. The molecule has 3 atom stereocenters. The first-order chi connectivity index (χ1) is 10.2. The molecule has 2 rings (SSSR count). The van der Waals surface area contributed by atoms with Gasteiger partial charge in [-0.05, 0) is 55.3 Å². The lowest BCUT2D eigenvalue weighted by molar-refractivity contribution is 0.352. The molecule has 0 spiro atoms. The van der Waals surface area contributed by atoms with E-state index in [2.05, 4.69) is 31.3 Å². The molecule has 0 aromatic heterocycles. The predicted molar refractivity (Wildman–Crippen MR) is 87.1 cm³/mol. The molecule has 0 radical (unpaired) electrons. The fraction of sp³-hybridized carbons (Fsp3) is 0.667. The normalized spacial score (nSPS) is 23.0. The molecule has 21 heavy (non-hydrogen) atoms. The molecule has 3 unspecified atom stereocenters. The van der Waals surface area contributed by atoms with Crippen LogP contribution in [0.4, 0.5) is 0 Å². The minimum atomic E-state index is 0.402. The van der Waals surface area contributed by atoms with Crippen LogP contribution in [-0.4, -0.2) is 20.8 Å². The maximum atomic E-state index is 5.43. The number of hydrogen-bond donors (Lipinski definition) is 1. The van der Waals surface area contributed by atoms with Crippen LogP contribution in [0.1, 0.15) is 51.1 Å². The summed E-state index contributed by atoms with van der Waals surface area (Å²) in [5.74, 6) is 3.30. The minimum Gasteiger partial charge on any atom is -0.497 e. The Morgan fingerprint density at radius 2 is 1.81 bits per heavy atom. The highest BCUT2D eigenvalue weighted by atomic mass is 16.5. The van der Waals surface area contributed by atoms with Gasteiger partial charge in [0.15, 0.2) is 0 Å². The molecule has 0 amide bonds. The Morgan fingerprint density at radius 3 is 2.29 bits per heavy atom. The van der Waals surface area contributed by atoms with Gasteiger partial charge < -0.3 is 14.8 Å². The Kier molecular flexibility index (Phi) is 5.92. The van der Waals surface area contributed by atoms with Gasteiger partial charge in [0, 0.05) is 12.1 Å². The van der Waals surface area contributed by atoms with Crippen LogP contribution in [0.15, 0.2) is 18.2 Å². The number of rotatable bonds is 7. The third-order valence-corrected chi connectivity index (χ3v) is 4.55.